The summed E-state index contributed by atoms with van der Waals surface area (Å²) in [4.78, 5) is 13.0. The fraction of sp³-hybridized carbons (Fsp3) is 0.700. The van der Waals surface area contributed by atoms with Crippen molar-refractivity contribution in [1.82, 2.24) is 10.2 Å². The number of likely N-dealkylation sites (N-methyl/N-ethyl adjacent to an activating group) is 1. The molecular formula is C10H20N2O2. The Balaban J connectivity index is 3.76. The minimum Gasteiger partial charge on any atom is -0.389 e. The number of rotatable bonds is 6. The smallest absolute Gasteiger partial charge is 0.234 e. The fourth-order valence-electron chi connectivity index (χ4n) is 1.20. The van der Waals surface area contributed by atoms with Gasteiger partial charge in [0.2, 0.25) is 5.91 Å². The lowest BCUT2D eigenvalue weighted by Gasteiger charge is -2.24. The number of nitrogens with one attached hydrogen (secondary N) is 1. The van der Waals surface area contributed by atoms with E-state index >= 15 is 0 Å². The molecule has 0 rings (SSSR count). The van der Waals surface area contributed by atoms with Gasteiger partial charge in [-0.3, -0.25) is 9.69 Å². The van der Waals surface area contributed by atoms with E-state index in [1.54, 1.807) is 31.9 Å². The van der Waals surface area contributed by atoms with Crippen molar-refractivity contribution in [2.75, 3.05) is 26.7 Å². The zero-order valence-electron chi connectivity index (χ0n) is 9.21. The maximum atomic E-state index is 11.2. The standard InChI is InChI=1S/C10H20N2O2/c1-5-6-11-9(13)7-12(4)8-10(2,3)14/h5,14H,1,6-8H2,2-4H3,(H,11,13). The minimum absolute atomic E-state index is 0.0587. The van der Waals surface area contributed by atoms with Crippen LogP contribution in [-0.2, 0) is 4.79 Å². The van der Waals surface area contributed by atoms with Gasteiger partial charge in [0.05, 0.1) is 12.1 Å². The van der Waals surface area contributed by atoms with Crippen molar-refractivity contribution in [2.24, 2.45) is 0 Å². The molecular weight excluding hydrogens is 180 g/mol. The predicted molar refractivity (Wildman–Crippen MR) is 57.0 cm³/mol. The molecule has 0 bridgehead atoms. The SMILES string of the molecule is C=CCNC(=O)CN(C)CC(C)(C)O. The molecule has 0 heterocycles. The summed E-state index contributed by atoms with van der Waals surface area (Å²) in [6, 6.07) is 0. The molecule has 0 atom stereocenters. The van der Waals surface area contributed by atoms with Crippen LogP contribution in [0.5, 0.6) is 0 Å². The van der Waals surface area contributed by atoms with Crippen LogP contribution in [-0.4, -0.2) is 48.2 Å². The van der Waals surface area contributed by atoms with E-state index < -0.39 is 5.60 Å². The highest BCUT2D eigenvalue weighted by Gasteiger charge is 2.16. The Bertz CT molecular complexity index is 197. The lowest BCUT2D eigenvalue weighted by Crippen LogP contribution is -2.42. The first-order valence-electron chi connectivity index (χ1n) is 4.63. The van der Waals surface area contributed by atoms with Crippen molar-refractivity contribution in [2.45, 2.75) is 19.4 Å². The average Bonchev–Trinajstić information content (AvgIpc) is 1.96. The molecule has 0 spiro atoms. The highest BCUT2D eigenvalue weighted by Crippen LogP contribution is 2.02. The molecule has 0 saturated heterocycles. The predicted octanol–water partition coefficient (Wildman–Crippen LogP) is -0.00870. The van der Waals surface area contributed by atoms with Crippen LogP contribution in [0.25, 0.3) is 0 Å². The lowest BCUT2D eigenvalue weighted by molar-refractivity contribution is -0.122. The molecule has 0 unspecified atom stereocenters. The number of carbonyl (C=O) groups is 1. The van der Waals surface area contributed by atoms with Crippen LogP contribution in [0.1, 0.15) is 13.8 Å². The van der Waals surface area contributed by atoms with Crippen molar-refractivity contribution in [3.63, 3.8) is 0 Å². The van der Waals surface area contributed by atoms with Gasteiger partial charge < -0.3 is 10.4 Å². The third-order valence-electron chi connectivity index (χ3n) is 1.51. The molecule has 0 radical (unpaired) electrons. The van der Waals surface area contributed by atoms with Crippen molar-refractivity contribution in [1.29, 1.82) is 0 Å². The van der Waals surface area contributed by atoms with Gasteiger partial charge in [0, 0.05) is 13.1 Å². The van der Waals surface area contributed by atoms with Crippen LogP contribution in [0.15, 0.2) is 12.7 Å². The number of hydrogen-bond donors (Lipinski definition) is 2. The van der Waals surface area contributed by atoms with Crippen LogP contribution in [0.3, 0.4) is 0 Å². The van der Waals surface area contributed by atoms with Gasteiger partial charge in [-0.25, -0.2) is 0 Å². The second-order valence-corrected chi connectivity index (χ2v) is 4.08. The summed E-state index contributed by atoms with van der Waals surface area (Å²) in [6.45, 7) is 8.17. The molecule has 0 aromatic rings. The molecule has 0 aliphatic carbocycles. The molecule has 82 valence electrons. The molecule has 0 aromatic carbocycles. The van der Waals surface area contributed by atoms with Crippen LogP contribution < -0.4 is 5.32 Å². The molecule has 0 saturated carbocycles. The number of carbonyl (C=O) groups excluding carboxylic acids is 1. The van der Waals surface area contributed by atoms with Crippen LogP contribution in [0.2, 0.25) is 0 Å². The van der Waals surface area contributed by atoms with Gasteiger partial charge in [-0.2, -0.15) is 0 Å². The van der Waals surface area contributed by atoms with Crippen molar-refractivity contribution in [3.8, 4) is 0 Å². The first-order chi connectivity index (χ1) is 6.35. The summed E-state index contributed by atoms with van der Waals surface area (Å²) >= 11 is 0. The van der Waals surface area contributed by atoms with E-state index in [1.807, 2.05) is 0 Å². The minimum atomic E-state index is -0.770. The zero-order chi connectivity index (χ0) is 11.2. The molecule has 0 fully saturated rings. The number of nitrogens with zero attached hydrogens (tertiary/aromatic N) is 1. The van der Waals surface area contributed by atoms with Crippen molar-refractivity contribution in [3.05, 3.63) is 12.7 Å². The van der Waals surface area contributed by atoms with E-state index in [2.05, 4.69) is 11.9 Å². The first kappa shape index (κ1) is 13.1. The first-order valence-corrected chi connectivity index (χ1v) is 4.63. The summed E-state index contributed by atoms with van der Waals surface area (Å²) in [5.74, 6) is -0.0587. The monoisotopic (exact) mass is 200 g/mol. The van der Waals surface area contributed by atoms with Crippen molar-refractivity contribution >= 4 is 5.91 Å². The summed E-state index contributed by atoms with van der Waals surface area (Å²) in [5, 5.41) is 12.2. The summed E-state index contributed by atoms with van der Waals surface area (Å²) in [6.07, 6.45) is 1.63. The second-order valence-electron chi connectivity index (χ2n) is 4.08. The van der Waals surface area contributed by atoms with Gasteiger partial charge in [-0.15, -0.1) is 6.58 Å². The van der Waals surface area contributed by atoms with Gasteiger partial charge in [0.1, 0.15) is 0 Å². The van der Waals surface area contributed by atoms with Gasteiger partial charge in [0.15, 0.2) is 0 Å². The molecule has 1 amide bonds. The normalized spacial score (nSPS) is 11.5. The Morgan fingerprint density at radius 1 is 1.64 bits per heavy atom. The van der Waals surface area contributed by atoms with E-state index in [9.17, 15) is 9.90 Å². The summed E-state index contributed by atoms with van der Waals surface area (Å²) < 4.78 is 0. The average molecular weight is 200 g/mol. The molecule has 0 aliphatic rings. The molecule has 4 heteroatoms. The number of hydrogen-bond acceptors (Lipinski definition) is 3. The van der Waals surface area contributed by atoms with E-state index in [0.717, 1.165) is 0 Å². The van der Waals surface area contributed by atoms with Gasteiger partial charge >= 0.3 is 0 Å². The molecule has 4 nitrogen and oxygen atoms in total. The third-order valence-corrected chi connectivity index (χ3v) is 1.51. The van der Waals surface area contributed by atoms with Crippen molar-refractivity contribution < 1.29 is 9.90 Å². The Hall–Kier alpha value is -0.870. The topological polar surface area (TPSA) is 52.6 Å². The van der Waals surface area contributed by atoms with Gasteiger partial charge in [-0.05, 0) is 20.9 Å². The second kappa shape index (κ2) is 5.78. The van der Waals surface area contributed by atoms with Gasteiger partial charge in [-0.1, -0.05) is 6.08 Å². The molecule has 2 N–H and O–H groups in total. The Morgan fingerprint density at radius 2 is 2.21 bits per heavy atom. The van der Waals surface area contributed by atoms with Crippen LogP contribution in [0.4, 0.5) is 0 Å². The molecule has 0 aromatic heterocycles. The molecule has 0 aliphatic heterocycles. The van der Waals surface area contributed by atoms with E-state index in [-0.39, 0.29) is 12.5 Å². The van der Waals surface area contributed by atoms with E-state index in [1.165, 1.54) is 0 Å². The van der Waals surface area contributed by atoms with E-state index in [0.29, 0.717) is 13.1 Å². The fourth-order valence-corrected chi connectivity index (χ4v) is 1.20. The quantitative estimate of drug-likeness (QED) is 0.593. The Morgan fingerprint density at radius 3 is 2.64 bits per heavy atom. The zero-order valence-corrected chi connectivity index (χ0v) is 9.21. The largest absolute Gasteiger partial charge is 0.389 e. The third kappa shape index (κ3) is 7.76. The highest BCUT2D eigenvalue weighted by molar-refractivity contribution is 5.78. The summed E-state index contributed by atoms with van der Waals surface area (Å²) in [5.41, 5.74) is -0.770. The number of aliphatic hydroxyl groups is 1. The Kier molecular flexibility index (Phi) is 5.42. The van der Waals surface area contributed by atoms with E-state index in [4.69, 9.17) is 0 Å². The van der Waals surface area contributed by atoms with Gasteiger partial charge in [0.25, 0.3) is 0 Å². The van der Waals surface area contributed by atoms with Crippen LogP contribution >= 0.6 is 0 Å². The van der Waals surface area contributed by atoms with Crippen LogP contribution in [0, 0.1) is 0 Å². The maximum absolute atomic E-state index is 11.2. The Labute approximate surface area is 85.6 Å². The highest BCUT2D eigenvalue weighted by atomic mass is 16.3. The lowest BCUT2D eigenvalue weighted by atomic mass is 10.1. The summed E-state index contributed by atoms with van der Waals surface area (Å²) in [7, 11) is 1.80. The molecule has 14 heavy (non-hydrogen) atoms. The maximum Gasteiger partial charge on any atom is 0.234 e. The number of amides is 1.